The van der Waals surface area contributed by atoms with Gasteiger partial charge in [-0.2, -0.15) is 0 Å². The minimum Gasteiger partial charge on any atom is -0.474 e. The van der Waals surface area contributed by atoms with Crippen molar-refractivity contribution in [2.45, 2.75) is 49.2 Å². The first-order valence-electron chi connectivity index (χ1n) is 5.92. The summed E-state index contributed by atoms with van der Waals surface area (Å²) in [6.45, 7) is 2.48. The number of rotatable bonds is 8. The van der Waals surface area contributed by atoms with Gasteiger partial charge in [-0.15, -0.1) is 0 Å². The molecule has 0 bridgehead atoms. The SMILES string of the molecule is CCCCCCC/C=C\COC(=N)C(Cl)(Cl)Cl. The molecule has 0 radical (unpaired) electrons. The van der Waals surface area contributed by atoms with Crippen LogP contribution in [-0.2, 0) is 4.74 Å². The predicted molar refractivity (Wildman–Crippen MR) is 76.5 cm³/mol. The van der Waals surface area contributed by atoms with Gasteiger partial charge in [-0.3, -0.25) is 5.41 Å². The first-order chi connectivity index (χ1) is 7.98. The average molecular weight is 301 g/mol. The minimum absolute atomic E-state index is 0.279. The van der Waals surface area contributed by atoms with Crippen LogP contribution >= 0.6 is 34.8 Å². The zero-order valence-corrected chi connectivity index (χ0v) is 12.4. The van der Waals surface area contributed by atoms with Crippen molar-refractivity contribution in [2.24, 2.45) is 0 Å². The van der Waals surface area contributed by atoms with E-state index in [1.165, 1.54) is 32.1 Å². The van der Waals surface area contributed by atoms with Crippen LogP contribution in [0.4, 0.5) is 0 Å². The molecule has 1 N–H and O–H groups in total. The van der Waals surface area contributed by atoms with Gasteiger partial charge in [0.2, 0.25) is 5.90 Å². The Hall–Kier alpha value is 0.0800. The van der Waals surface area contributed by atoms with Crippen LogP contribution in [0.3, 0.4) is 0 Å². The fourth-order valence-corrected chi connectivity index (χ4v) is 1.43. The summed E-state index contributed by atoms with van der Waals surface area (Å²) >= 11 is 16.4. The number of nitrogens with one attached hydrogen (secondary N) is 1. The van der Waals surface area contributed by atoms with E-state index >= 15 is 0 Å². The van der Waals surface area contributed by atoms with E-state index in [0.29, 0.717) is 0 Å². The van der Waals surface area contributed by atoms with E-state index < -0.39 is 3.79 Å². The van der Waals surface area contributed by atoms with Gasteiger partial charge in [-0.05, 0) is 12.8 Å². The lowest BCUT2D eigenvalue weighted by Crippen LogP contribution is -2.21. The van der Waals surface area contributed by atoms with Gasteiger partial charge in [0, 0.05) is 0 Å². The second kappa shape index (κ2) is 10.0. The lowest BCUT2D eigenvalue weighted by Gasteiger charge is -2.11. The molecular formula is C12H20Cl3NO. The summed E-state index contributed by atoms with van der Waals surface area (Å²) < 4.78 is 3.20. The fraction of sp³-hybridized carbons (Fsp3) is 0.750. The van der Waals surface area contributed by atoms with Gasteiger partial charge in [-0.25, -0.2) is 0 Å². The van der Waals surface area contributed by atoms with Crippen molar-refractivity contribution >= 4 is 40.7 Å². The zero-order valence-electron chi connectivity index (χ0n) is 10.1. The Kier molecular flexibility index (Phi) is 10.1. The molecule has 0 fully saturated rings. The monoisotopic (exact) mass is 299 g/mol. The molecule has 5 heteroatoms. The summed E-state index contributed by atoms with van der Waals surface area (Å²) in [4.78, 5) is 0. The van der Waals surface area contributed by atoms with Crippen molar-refractivity contribution in [1.29, 1.82) is 5.41 Å². The minimum atomic E-state index is -1.76. The summed E-state index contributed by atoms with van der Waals surface area (Å²) in [5.74, 6) is -0.338. The molecule has 0 aliphatic heterocycles. The van der Waals surface area contributed by atoms with Crippen molar-refractivity contribution in [3.63, 3.8) is 0 Å². The maximum atomic E-state index is 7.28. The normalized spacial score (nSPS) is 12.0. The highest BCUT2D eigenvalue weighted by Crippen LogP contribution is 2.27. The Balaban J connectivity index is 3.40. The fourth-order valence-electron chi connectivity index (χ4n) is 1.26. The van der Waals surface area contributed by atoms with E-state index in [0.717, 1.165) is 6.42 Å². The Bertz CT molecular complexity index is 236. The summed E-state index contributed by atoms with van der Waals surface area (Å²) in [5, 5.41) is 7.28. The van der Waals surface area contributed by atoms with Gasteiger partial charge < -0.3 is 4.74 Å². The van der Waals surface area contributed by atoms with Crippen molar-refractivity contribution in [3.8, 4) is 0 Å². The van der Waals surface area contributed by atoms with Gasteiger partial charge in [0.05, 0.1) is 0 Å². The van der Waals surface area contributed by atoms with E-state index in [4.69, 9.17) is 44.9 Å². The first-order valence-corrected chi connectivity index (χ1v) is 7.05. The van der Waals surface area contributed by atoms with Gasteiger partial charge in [0.1, 0.15) is 6.61 Å². The number of allylic oxidation sites excluding steroid dienone is 1. The first kappa shape index (κ1) is 17.1. The second-order valence-corrected chi connectivity index (χ2v) is 6.09. The van der Waals surface area contributed by atoms with E-state index in [9.17, 15) is 0 Å². The Morgan fingerprint density at radius 3 is 2.35 bits per heavy atom. The molecule has 100 valence electrons. The molecule has 17 heavy (non-hydrogen) atoms. The van der Waals surface area contributed by atoms with E-state index in [-0.39, 0.29) is 12.5 Å². The number of alkyl halides is 3. The third kappa shape index (κ3) is 10.9. The van der Waals surface area contributed by atoms with Crippen LogP contribution in [0, 0.1) is 5.41 Å². The molecule has 0 aromatic heterocycles. The highest BCUT2D eigenvalue weighted by Gasteiger charge is 2.28. The zero-order chi connectivity index (χ0) is 13.1. The van der Waals surface area contributed by atoms with Crippen molar-refractivity contribution < 1.29 is 4.74 Å². The third-order valence-corrected chi connectivity index (χ3v) is 2.74. The van der Waals surface area contributed by atoms with Crippen LogP contribution in [0.15, 0.2) is 12.2 Å². The number of hydrogen-bond acceptors (Lipinski definition) is 2. The third-order valence-electron chi connectivity index (χ3n) is 2.22. The molecule has 0 saturated heterocycles. The van der Waals surface area contributed by atoms with Gasteiger partial charge in [0.15, 0.2) is 0 Å². The van der Waals surface area contributed by atoms with Crippen molar-refractivity contribution in [3.05, 3.63) is 12.2 Å². The van der Waals surface area contributed by atoms with E-state index in [1.807, 2.05) is 12.2 Å². The molecule has 0 aliphatic rings. The van der Waals surface area contributed by atoms with Crippen molar-refractivity contribution in [1.82, 2.24) is 0 Å². The van der Waals surface area contributed by atoms with Crippen LogP contribution < -0.4 is 0 Å². The van der Waals surface area contributed by atoms with Crippen LogP contribution in [0.2, 0.25) is 0 Å². The summed E-state index contributed by atoms with van der Waals surface area (Å²) in [6, 6.07) is 0. The molecule has 2 nitrogen and oxygen atoms in total. The maximum Gasteiger partial charge on any atom is 0.265 e. The van der Waals surface area contributed by atoms with Crippen LogP contribution in [0.5, 0.6) is 0 Å². The summed E-state index contributed by atoms with van der Waals surface area (Å²) in [6.07, 6.45) is 11.3. The Morgan fingerprint density at radius 2 is 1.76 bits per heavy atom. The molecule has 0 unspecified atom stereocenters. The van der Waals surface area contributed by atoms with Gasteiger partial charge >= 0.3 is 0 Å². The van der Waals surface area contributed by atoms with Crippen LogP contribution in [0.1, 0.15) is 45.4 Å². The Morgan fingerprint density at radius 1 is 1.12 bits per heavy atom. The molecule has 0 aromatic carbocycles. The topological polar surface area (TPSA) is 33.1 Å². The molecule has 0 heterocycles. The lowest BCUT2D eigenvalue weighted by atomic mass is 10.1. The Labute approximate surface area is 119 Å². The number of ether oxygens (including phenoxy) is 1. The smallest absolute Gasteiger partial charge is 0.265 e. The number of unbranched alkanes of at least 4 members (excludes halogenated alkanes) is 5. The molecule has 0 atom stereocenters. The highest BCUT2D eigenvalue weighted by atomic mass is 35.6. The quantitative estimate of drug-likeness (QED) is 0.214. The molecule has 0 saturated carbocycles. The van der Waals surface area contributed by atoms with E-state index in [2.05, 4.69) is 6.92 Å². The van der Waals surface area contributed by atoms with Crippen LogP contribution in [0.25, 0.3) is 0 Å². The number of halogens is 3. The van der Waals surface area contributed by atoms with Gasteiger partial charge in [0.25, 0.3) is 3.79 Å². The largest absolute Gasteiger partial charge is 0.474 e. The van der Waals surface area contributed by atoms with Crippen LogP contribution in [-0.4, -0.2) is 16.3 Å². The van der Waals surface area contributed by atoms with E-state index in [1.54, 1.807) is 0 Å². The molecule has 0 spiro atoms. The van der Waals surface area contributed by atoms with Gasteiger partial charge in [-0.1, -0.05) is 79.6 Å². The molecule has 0 aromatic rings. The molecule has 0 aliphatic carbocycles. The highest BCUT2D eigenvalue weighted by molar-refractivity contribution is 6.76. The number of hydrogen-bond donors (Lipinski definition) is 1. The average Bonchev–Trinajstić information content (AvgIpc) is 2.25. The van der Waals surface area contributed by atoms with Crippen molar-refractivity contribution in [2.75, 3.05) is 6.61 Å². The predicted octanol–water partition coefficient (Wildman–Crippen LogP) is 5.27. The standard InChI is InChI=1S/C12H20Cl3NO/c1-2-3-4-5-6-7-8-9-10-17-11(16)12(13,14)15/h8-9,16H,2-7,10H2,1H3/b9-8-,16-11?. The maximum absolute atomic E-state index is 7.28. The summed E-state index contributed by atoms with van der Waals surface area (Å²) in [7, 11) is 0. The molecule has 0 amide bonds. The molecule has 0 rings (SSSR count). The second-order valence-electron chi connectivity index (χ2n) is 3.81. The lowest BCUT2D eigenvalue weighted by molar-refractivity contribution is 0.339. The summed E-state index contributed by atoms with van der Waals surface area (Å²) in [5.41, 5.74) is 0. The molecular weight excluding hydrogens is 280 g/mol.